The highest BCUT2D eigenvalue weighted by molar-refractivity contribution is 7.91. The predicted molar refractivity (Wildman–Crippen MR) is 165 cm³/mol. The largest absolute Gasteiger partial charge is 0.495 e. The number of ether oxygens (including phenoxy) is 1. The highest BCUT2D eigenvalue weighted by atomic mass is 32.2. The van der Waals surface area contributed by atoms with Gasteiger partial charge in [0.25, 0.3) is 0 Å². The molecule has 0 bridgehead atoms. The number of aryl methyl sites for hydroxylation is 1. The average Bonchev–Trinajstić information content (AvgIpc) is 2.97. The van der Waals surface area contributed by atoms with Gasteiger partial charge in [-0.25, -0.2) is 12.8 Å². The van der Waals surface area contributed by atoms with Gasteiger partial charge in [-0.05, 0) is 99.6 Å². The highest BCUT2D eigenvalue weighted by Gasteiger charge is 2.25. The number of hydrogen-bond donors (Lipinski definition) is 0. The minimum Gasteiger partial charge on any atom is -0.495 e. The van der Waals surface area contributed by atoms with E-state index in [2.05, 4.69) is 35.3 Å². The molecule has 1 saturated heterocycles. The van der Waals surface area contributed by atoms with Gasteiger partial charge in [0.1, 0.15) is 10.6 Å². The fraction of sp³-hybridized carbons (Fsp3) is 0.438. The van der Waals surface area contributed by atoms with E-state index in [0.717, 1.165) is 68.2 Å². The minimum atomic E-state index is -3.76. The summed E-state index contributed by atoms with van der Waals surface area (Å²) in [6.07, 6.45) is 5.74. The van der Waals surface area contributed by atoms with Crippen LogP contribution < -0.4 is 9.64 Å². The summed E-state index contributed by atoms with van der Waals surface area (Å²) >= 11 is 0. The number of nitrogens with zero attached hydrogens (tertiary/aromatic N) is 3. The van der Waals surface area contributed by atoms with Crippen LogP contribution in [0.3, 0.4) is 0 Å². The van der Waals surface area contributed by atoms with Gasteiger partial charge < -0.3 is 19.4 Å². The summed E-state index contributed by atoms with van der Waals surface area (Å²) in [6, 6.07) is 10.6. The van der Waals surface area contributed by atoms with Crippen LogP contribution in [0.5, 0.6) is 5.75 Å². The number of rotatable bonds is 11. The third-order valence-corrected chi connectivity index (χ3v) is 8.86. The molecular weight excluding hydrogens is 525 g/mol. The van der Waals surface area contributed by atoms with Gasteiger partial charge in [-0.1, -0.05) is 27.4 Å². The first-order valence-corrected chi connectivity index (χ1v) is 15.5. The number of benzene rings is 2. The summed E-state index contributed by atoms with van der Waals surface area (Å²) in [6.45, 7) is 18.2. The maximum atomic E-state index is 13.6. The van der Waals surface area contributed by atoms with E-state index in [0.29, 0.717) is 5.75 Å². The molecule has 40 heavy (non-hydrogen) atoms. The lowest BCUT2D eigenvalue weighted by Crippen LogP contribution is -2.45. The third kappa shape index (κ3) is 8.45. The van der Waals surface area contributed by atoms with Crippen molar-refractivity contribution >= 4 is 15.5 Å². The first-order valence-electron chi connectivity index (χ1n) is 14.0. The van der Waals surface area contributed by atoms with Crippen molar-refractivity contribution in [1.29, 1.82) is 0 Å². The molecule has 0 atom stereocenters. The van der Waals surface area contributed by atoms with Crippen molar-refractivity contribution in [2.45, 2.75) is 50.8 Å². The Morgan fingerprint density at radius 2 is 1.73 bits per heavy atom. The van der Waals surface area contributed by atoms with E-state index in [4.69, 9.17) is 4.74 Å². The lowest BCUT2D eigenvalue weighted by Gasteiger charge is -2.37. The lowest BCUT2D eigenvalue weighted by atomic mass is 10.1. The van der Waals surface area contributed by atoms with E-state index in [1.807, 2.05) is 39.0 Å². The summed E-state index contributed by atoms with van der Waals surface area (Å²) in [5.41, 5.74) is 3.87. The van der Waals surface area contributed by atoms with Crippen LogP contribution in [-0.2, 0) is 16.3 Å². The number of anilines is 1. The molecule has 3 rings (SSSR count). The van der Waals surface area contributed by atoms with E-state index >= 15 is 0 Å². The van der Waals surface area contributed by atoms with Gasteiger partial charge in [-0.15, -0.1) is 0 Å². The van der Waals surface area contributed by atoms with Crippen molar-refractivity contribution in [3.63, 3.8) is 0 Å². The summed E-state index contributed by atoms with van der Waals surface area (Å²) in [4.78, 5) is 7.03. The van der Waals surface area contributed by atoms with Gasteiger partial charge in [0.05, 0.1) is 17.8 Å². The quantitative estimate of drug-likeness (QED) is 0.290. The standard InChI is InChI=1S/C30H40FN3O3S.C2H6/c1-7-26(10-9-24(4)31)33-17-19-34(20-18-33)27-11-13-28(14-12-27)38(35,36)30-21-23(3)25(22-29(30)37-6)15-16-32(5)8-2;1-2/h7,9-14,21-22H,1,8,15-20H2,2-6H3;1-2H3/b24-9+,26-10+;. The topological polar surface area (TPSA) is 53.1 Å². The van der Waals surface area contributed by atoms with Gasteiger partial charge in [0.2, 0.25) is 9.84 Å². The number of hydrogen-bond acceptors (Lipinski definition) is 6. The predicted octanol–water partition coefficient (Wildman–Crippen LogP) is 6.42. The van der Waals surface area contributed by atoms with Crippen molar-refractivity contribution in [3.05, 3.63) is 83.9 Å². The molecule has 2 aromatic rings. The SMILES string of the molecule is C=C/C(=C\C=C(/C)F)N1CCN(c2ccc(S(=O)(=O)c3cc(C)c(CCN(C)CC)cc3OC)cc2)CC1.CC. The molecule has 2 aromatic carbocycles. The molecule has 0 amide bonds. The molecular formula is C32H46FN3O3S. The number of likely N-dealkylation sites (N-methyl/N-ethyl adjacent to an activating group) is 1. The van der Waals surface area contributed by atoms with E-state index < -0.39 is 9.84 Å². The molecule has 1 fully saturated rings. The van der Waals surface area contributed by atoms with Gasteiger partial charge >= 0.3 is 0 Å². The van der Waals surface area contributed by atoms with Crippen LogP contribution in [0.2, 0.25) is 0 Å². The zero-order valence-corrected chi connectivity index (χ0v) is 26.0. The molecule has 0 N–H and O–H groups in total. The second-order valence-corrected chi connectivity index (χ2v) is 11.5. The normalized spacial score (nSPS) is 14.6. The van der Waals surface area contributed by atoms with Crippen LogP contribution in [-0.4, -0.2) is 71.6 Å². The molecule has 0 aliphatic carbocycles. The minimum absolute atomic E-state index is 0.188. The van der Waals surface area contributed by atoms with Crippen LogP contribution in [0.1, 0.15) is 38.8 Å². The van der Waals surface area contributed by atoms with Crippen LogP contribution in [0.4, 0.5) is 10.1 Å². The van der Waals surface area contributed by atoms with Crippen molar-refractivity contribution in [3.8, 4) is 5.75 Å². The monoisotopic (exact) mass is 571 g/mol. The van der Waals surface area contributed by atoms with Crippen LogP contribution in [0.25, 0.3) is 0 Å². The van der Waals surface area contributed by atoms with Gasteiger partial charge in [-0.2, -0.15) is 0 Å². The van der Waals surface area contributed by atoms with Crippen LogP contribution in [0.15, 0.2) is 82.5 Å². The number of halogens is 1. The Labute approximate surface area is 241 Å². The molecule has 1 aliphatic heterocycles. The Bertz CT molecular complexity index is 1280. The van der Waals surface area contributed by atoms with Crippen molar-refractivity contribution in [1.82, 2.24) is 9.80 Å². The second-order valence-electron chi connectivity index (χ2n) is 9.60. The van der Waals surface area contributed by atoms with E-state index in [1.54, 1.807) is 30.4 Å². The first kappa shape index (κ1) is 33.1. The highest BCUT2D eigenvalue weighted by Crippen LogP contribution is 2.33. The third-order valence-electron chi connectivity index (χ3n) is 7.06. The first-order chi connectivity index (χ1) is 19.1. The van der Waals surface area contributed by atoms with Gasteiger partial charge in [-0.3, -0.25) is 0 Å². The van der Waals surface area contributed by atoms with Gasteiger partial charge in [0, 0.05) is 44.1 Å². The molecule has 0 aromatic heterocycles. The smallest absolute Gasteiger partial charge is 0.210 e. The molecule has 8 heteroatoms. The average molecular weight is 572 g/mol. The summed E-state index contributed by atoms with van der Waals surface area (Å²) in [5, 5.41) is 0. The van der Waals surface area contributed by atoms with E-state index in [1.165, 1.54) is 20.1 Å². The van der Waals surface area contributed by atoms with E-state index in [-0.39, 0.29) is 15.6 Å². The van der Waals surface area contributed by atoms with Crippen molar-refractivity contribution < 1.29 is 17.5 Å². The summed E-state index contributed by atoms with van der Waals surface area (Å²) < 4.78 is 45.8. The fourth-order valence-corrected chi connectivity index (χ4v) is 5.99. The maximum absolute atomic E-state index is 13.6. The van der Waals surface area contributed by atoms with Crippen molar-refractivity contribution in [2.75, 3.05) is 58.3 Å². The Hall–Kier alpha value is -3.10. The van der Waals surface area contributed by atoms with Gasteiger partial charge in [0.15, 0.2) is 0 Å². The van der Waals surface area contributed by atoms with Crippen LogP contribution >= 0.6 is 0 Å². The molecule has 1 aliphatic rings. The Balaban J connectivity index is 0.00000274. The summed E-state index contributed by atoms with van der Waals surface area (Å²) in [5.74, 6) is 0.121. The number of methoxy groups -OCH3 is 1. The zero-order valence-electron chi connectivity index (χ0n) is 25.2. The molecule has 0 spiro atoms. The van der Waals surface area contributed by atoms with Crippen LogP contribution in [0, 0.1) is 6.92 Å². The molecule has 0 unspecified atom stereocenters. The maximum Gasteiger partial charge on any atom is 0.210 e. The Morgan fingerprint density at radius 3 is 2.25 bits per heavy atom. The van der Waals surface area contributed by atoms with Crippen molar-refractivity contribution in [2.24, 2.45) is 0 Å². The number of sulfone groups is 1. The molecule has 0 radical (unpaired) electrons. The molecule has 1 heterocycles. The Morgan fingerprint density at radius 1 is 1.10 bits per heavy atom. The summed E-state index contributed by atoms with van der Waals surface area (Å²) in [7, 11) is -0.180. The molecule has 220 valence electrons. The molecule has 0 saturated carbocycles. The zero-order chi connectivity index (χ0) is 29.9. The van der Waals surface area contributed by atoms with E-state index in [9.17, 15) is 12.8 Å². The fourth-order valence-electron chi connectivity index (χ4n) is 4.50. The Kier molecular flexibility index (Phi) is 12.9. The lowest BCUT2D eigenvalue weighted by molar-refractivity contribution is 0.330. The molecule has 6 nitrogen and oxygen atoms in total. The number of piperazine rings is 1. The second kappa shape index (κ2) is 15.6. The number of allylic oxidation sites excluding steroid dienone is 4.